The molecule has 2 unspecified atom stereocenters. The Kier molecular flexibility index (Phi) is 5.22. The number of likely N-dealkylation sites (tertiary alicyclic amines) is 1. The van der Waals surface area contributed by atoms with Crippen LogP contribution in [0, 0.1) is 13.8 Å². The van der Waals surface area contributed by atoms with Gasteiger partial charge in [0.25, 0.3) is 0 Å². The van der Waals surface area contributed by atoms with Crippen LogP contribution >= 0.6 is 0 Å². The second kappa shape index (κ2) is 6.72. The Balaban J connectivity index is 2.18. The normalized spacial score (nSPS) is 22.1. The summed E-state index contributed by atoms with van der Waals surface area (Å²) >= 11 is 0. The lowest BCUT2D eigenvalue weighted by Crippen LogP contribution is -2.42. The lowest BCUT2D eigenvalue weighted by molar-refractivity contribution is 0.0965. The van der Waals surface area contributed by atoms with Crippen molar-refractivity contribution in [2.24, 2.45) is 7.05 Å². The summed E-state index contributed by atoms with van der Waals surface area (Å²) < 4.78 is 2.02. The first-order chi connectivity index (χ1) is 9.56. The topological polar surface area (TPSA) is 33.1 Å². The Morgan fingerprint density at radius 1 is 1.35 bits per heavy atom. The maximum atomic E-state index is 4.59. The van der Waals surface area contributed by atoms with Crippen LogP contribution in [0.25, 0.3) is 0 Å². The quantitative estimate of drug-likeness (QED) is 0.898. The molecule has 1 aliphatic rings. The number of aryl methyl sites for hydroxylation is 2. The van der Waals surface area contributed by atoms with Gasteiger partial charge >= 0.3 is 0 Å². The number of hydrogen-bond donors (Lipinski definition) is 1. The summed E-state index contributed by atoms with van der Waals surface area (Å²) in [7, 11) is 4.10. The molecule has 0 spiro atoms. The average molecular weight is 278 g/mol. The summed E-state index contributed by atoms with van der Waals surface area (Å²) in [5, 5.41) is 7.89. The molecule has 0 radical (unpaired) electrons. The standard InChI is InChI=1S/C16H30N4/c1-12-16(13(2)19(5)18-12)14(3)20-11-7-6-8-15(20)9-10-17-4/h14-15,17H,6-11H2,1-5H3. The van der Waals surface area contributed by atoms with Gasteiger partial charge in [0, 0.05) is 30.4 Å². The molecule has 114 valence electrons. The number of nitrogens with one attached hydrogen (secondary N) is 1. The molecule has 0 amide bonds. The summed E-state index contributed by atoms with van der Waals surface area (Å²) in [6.45, 7) is 9.03. The molecule has 1 aliphatic heterocycles. The molecule has 1 N–H and O–H groups in total. The zero-order chi connectivity index (χ0) is 14.7. The molecule has 2 rings (SSSR count). The summed E-state index contributed by atoms with van der Waals surface area (Å²) in [5.41, 5.74) is 3.94. The predicted octanol–water partition coefficient (Wildman–Crippen LogP) is 2.56. The molecule has 2 atom stereocenters. The number of hydrogen-bond acceptors (Lipinski definition) is 3. The third kappa shape index (κ3) is 3.07. The maximum absolute atomic E-state index is 4.59. The highest BCUT2D eigenvalue weighted by Crippen LogP contribution is 2.32. The van der Waals surface area contributed by atoms with E-state index < -0.39 is 0 Å². The minimum Gasteiger partial charge on any atom is -0.320 e. The minimum atomic E-state index is 0.478. The SMILES string of the molecule is CNCCC1CCCCN1C(C)c1c(C)nn(C)c1C. The Labute approximate surface area is 123 Å². The molecular weight excluding hydrogens is 248 g/mol. The molecular formula is C16H30N4. The monoisotopic (exact) mass is 278 g/mol. The van der Waals surface area contributed by atoms with Gasteiger partial charge in [0.05, 0.1) is 5.69 Å². The van der Waals surface area contributed by atoms with E-state index in [0.29, 0.717) is 12.1 Å². The van der Waals surface area contributed by atoms with Crippen LogP contribution in [0.1, 0.15) is 55.6 Å². The number of aromatic nitrogens is 2. The van der Waals surface area contributed by atoms with Gasteiger partial charge in [-0.1, -0.05) is 6.42 Å². The van der Waals surface area contributed by atoms with Crippen LogP contribution in [0.4, 0.5) is 0 Å². The van der Waals surface area contributed by atoms with E-state index in [1.54, 1.807) is 0 Å². The first-order valence-electron chi connectivity index (χ1n) is 7.96. The summed E-state index contributed by atoms with van der Waals surface area (Å²) in [4.78, 5) is 2.71. The zero-order valence-corrected chi connectivity index (χ0v) is 13.7. The van der Waals surface area contributed by atoms with Crippen molar-refractivity contribution in [1.29, 1.82) is 0 Å². The first kappa shape index (κ1) is 15.5. The van der Waals surface area contributed by atoms with E-state index >= 15 is 0 Å². The number of rotatable bonds is 5. The maximum Gasteiger partial charge on any atom is 0.0644 e. The highest BCUT2D eigenvalue weighted by Gasteiger charge is 2.29. The Morgan fingerprint density at radius 2 is 2.10 bits per heavy atom. The molecule has 1 saturated heterocycles. The molecule has 0 bridgehead atoms. The van der Waals surface area contributed by atoms with Crippen molar-refractivity contribution >= 4 is 0 Å². The smallest absolute Gasteiger partial charge is 0.0644 e. The van der Waals surface area contributed by atoms with Crippen molar-refractivity contribution in [3.8, 4) is 0 Å². The summed E-state index contributed by atoms with van der Waals surface area (Å²) in [5.74, 6) is 0. The van der Waals surface area contributed by atoms with Crippen molar-refractivity contribution in [3.63, 3.8) is 0 Å². The lowest BCUT2D eigenvalue weighted by atomic mass is 9.94. The van der Waals surface area contributed by atoms with E-state index in [9.17, 15) is 0 Å². The second-order valence-corrected chi connectivity index (χ2v) is 6.16. The van der Waals surface area contributed by atoms with Gasteiger partial charge in [-0.15, -0.1) is 0 Å². The summed E-state index contributed by atoms with van der Waals surface area (Å²) in [6.07, 6.45) is 5.30. The van der Waals surface area contributed by atoms with Crippen molar-refractivity contribution in [1.82, 2.24) is 20.0 Å². The highest BCUT2D eigenvalue weighted by molar-refractivity contribution is 5.28. The van der Waals surface area contributed by atoms with Crippen LogP contribution in [0.15, 0.2) is 0 Å². The molecule has 1 aromatic heterocycles. The van der Waals surface area contributed by atoms with Gasteiger partial charge in [0.15, 0.2) is 0 Å². The summed E-state index contributed by atoms with van der Waals surface area (Å²) in [6, 6.07) is 1.19. The van der Waals surface area contributed by atoms with Crippen molar-refractivity contribution < 1.29 is 0 Å². The zero-order valence-electron chi connectivity index (χ0n) is 13.7. The third-order valence-electron chi connectivity index (χ3n) is 4.88. The van der Waals surface area contributed by atoms with Gasteiger partial charge in [-0.05, 0) is 60.2 Å². The van der Waals surface area contributed by atoms with Gasteiger partial charge in [-0.25, -0.2) is 0 Å². The minimum absolute atomic E-state index is 0.478. The van der Waals surface area contributed by atoms with Crippen LogP contribution in [0.5, 0.6) is 0 Å². The van der Waals surface area contributed by atoms with Gasteiger partial charge in [0.2, 0.25) is 0 Å². The molecule has 2 heterocycles. The van der Waals surface area contributed by atoms with Crippen molar-refractivity contribution in [3.05, 3.63) is 17.0 Å². The van der Waals surface area contributed by atoms with Gasteiger partial charge in [-0.2, -0.15) is 5.10 Å². The first-order valence-corrected chi connectivity index (χ1v) is 7.96. The predicted molar refractivity (Wildman–Crippen MR) is 84.0 cm³/mol. The number of piperidine rings is 1. The van der Waals surface area contributed by atoms with Crippen LogP contribution in [0.2, 0.25) is 0 Å². The van der Waals surface area contributed by atoms with E-state index in [-0.39, 0.29) is 0 Å². The second-order valence-electron chi connectivity index (χ2n) is 6.16. The van der Waals surface area contributed by atoms with Crippen LogP contribution < -0.4 is 5.32 Å². The van der Waals surface area contributed by atoms with E-state index in [0.717, 1.165) is 6.54 Å². The fourth-order valence-corrected chi connectivity index (χ4v) is 3.71. The largest absolute Gasteiger partial charge is 0.320 e. The van der Waals surface area contributed by atoms with E-state index in [4.69, 9.17) is 0 Å². The number of nitrogens with zero attached hydrogens (tertiary/aromatic N) is 3. The van der Waals surface area contributed by atoms with E-state index in [1.165, 1.54) is 49.2 Å². The molecule has 1 aromatic rings. The lowest BCUT2D eigenvalue weighted by Gasteiger charge is -2.40. The fraction of sp³-hybridized carbons (Fsp3) is 0.812. The Bertz CT molecular complexity index is 438. The van der Waals surface area contributed by atoms with Crippen LogP contribution in [-0.2, 0) is 7.05 Å². The van der Waals surface area contributed by atoms with Gasteiger partial charge in [-0.3, -0.25) is 9.58 Å². The molecule has 0 aliphatic carbocycles. The molecule has 20 heavy (non-hydrogen) atoms. The highest BCUT2D eigenvalue weighted by atomic mass is 15.3. The van der Waals surface area contributed by atoms with Crippen LogP contribution in [0.3, 0.4) is 0 Å². The molecule has 0 saturated carbocycles. The molecule has 1 fully saturated rings. The van der Waals surface area contributed by atoms with Gasteiger partial charge < -0.3 is 5.32 Å². The van der Waals surface area contributed by atoms with E-state index in [1.807, 2.05) is 18.8 Å². The van der Waals surface area contributed by atoms with Gasteiger partial charge in [0.1, 0.15) is 0 Å². The van der Waals surface area contributed by atoms with Crippen LogP contribution in [-0.4, -0.2) is 40.9 Å². The van der Waals surface area contributed by atoms with Crippen molar-refractivity contribution in [2.45, 2.75) is 58.5 Å². The Morgan fingerprint density at radius 3 is 2.70 bits per heavy atom. The van der Waals surface area contributed by atoms with E-state index in [2.05, 4.69) is 36.1 Å². The van der Waals surface area contributed by atoms with Crippen molar-refractivity contribution in [2.75, 3.05) is 20.1 Å². The Hall–Kier alpha value is -0.870. The fourth-order valence-electron chi connectivity index (χ4n) is 3.71. The molecule has 0 aromatic carbocycles. The molecule has 4 nitrogen and oxygen atoms in total. The third-order valence-corrected chi connectivity index (χ3v) is 4.88. The molecule has 4 heteroatoms. The average Bonchev–Trinajstić information content (AvgIpc) is 2.69.